The summed E-state index contributed by atoms with van der Waals surface area (Å²) in [5.74, 6) is 0.800. The molecule has 29 heavy (non-hydrogen) atoms. The number of nitrogens with one attached hydrogen (secondary N) is 1. The Kier molecular flexibility index (Phi) is 5.14. The van der Waals surface area contributed by atoms with Crippen molar-refractivity contribution in [1.29, 1.82) is 0 Å². The molecule has 6 nitrogen and oxygen atoms in total. The van der Waals surface area contributed by atoms with Gasteiger partial charge in [0.05, 0.1) is 4.90 Å². The zero-order chi connectivity index (χ0) is 20.3. The first kappa shape index (κ1) is 18.9. The molecule has 0 aliphatic carbocycles. The summed E-state index contributed by atoms with van der Waals surface area (Å²) in [6.07, 6.45) is 0.858. The monoisotopic (exact) mass is 405 g/mol. The van der Waals surface area contributed by atoms with Crippen molar-refractivity contribution in [2.24, 2.45) is 0 Å². The third-order valence-electron chi connectivity index (χ3n) is 4.47. The predicted molar refractivity (Wildman–Crippen MR) is 112 cm³/mol. The molecule has 146 valence electrons. The fourth-order valence-electron chi connectivity index (χ4n) is 2.84. The van der Waals surface area contributed by atoms with Gasteiger partial charge in [0.2, 0.25) is 11.8 Å². The Morgan fingerprint density at radius 1 is 0.793 bits per heavy atom. The van der Waals surface area contributed by atoms with Crippen molar-refractivity contribution in [1.82, 2.24) is 10.2 Å². The highest BCUT2D eigenvalue weighted by Crippen LogP contribution is 2.25. The summed E-state index contributed by atoms with van der Waals surface area (Å²) in [6.45, 7) is 2.02. The van der Waals surface area contributed by atoms with Gasteiger partial charge in [-0.25, -0.2) is 8.42 Å². The van der Waals surface area contributed by atoms with Gasteiger partial charge >= 0.3 is 0 Å². The van der Waals surface area contributed by atoms with Gasteiger partial charge in [0, 0.05) is 16.8 Å². The van der Waals surface area contributed by atoms with Crippen LogP contribution in [0.25, 0.3) is 22.9 Å². The van der Waals surface area contributed by atoms with Gasteiger partial charge in [-0.2, -0.15) is 0 Å². The van der Waals surface area contributed by atoms with E-state index in [1.54, 1.807) is 36.4 Å². The third kappa shape index (κ3) is 4.20. The first-order chi connectivity index (χ1) is 14.0. The summed E-state index contributed by atoms with van der Waals surface area (Å²) in [7, 11) is -3.65. The van der Waals surface area contributed by atoms with Gasteiger partial charge in [-0.1, -0.05) is 37.3 Å². The molecule has 0 fully saturated rings. The molecule has 1 heterocycles. The van der Waals surface area contributed by atoms with Crippen LogP contribution in [0.2, 0.25) is 0 Å². The molecule has 4 rings (SSSR count). The highest BCUT2D eigenvalue weighted by Gasteiger charge is 2.15. The molecule has 3 aromatic carbocycles. The maximum absolute atomic E-state index is 12.6. The molecule has 0 amide bonds. The van der Waals surface area contributed by atoms with Gasteiger partial charge in [-0.3, -0.25) is 4.72 Å². The molecule has 0 radical (unpaired) electrons. The fourth-order valence-corrected chi connectivity index (χ4v) is 3.90. The molecule has 0 unspecified atom stereocenters. The first-order valence-electron chi connectivity index (χ1n) is 9.16. The van der Waals surface area contributed by atoms with E-state index in [4.69, 9.17) is 4.42 Å². The maximum Gasteiger partial charge on any atom is 0.261 e. The zero-order valence-electron chi connectivity index (χ0n) is 15.7. The Morgan fingerprint density at radius 3 is 1.97 bits per heavy atom. The molecule has 7 heteroatoms. The van der Waals surface area contributed by atoms with Crippen molar-refractivity contribution in [3.63, 3.8) is 0 Å². The van der Waals surface area contributed by atoms with E-state index in [1.165, 1.54) is 0 Å². The lowest BCUT2D eigenvalue weighted by molar-refractivity contribution is 0.584. The first-order valence-corrected chi connectivity index (χ1v) is 10.6. The lowest BCUT2D eigenvalue weighted by atomic mass is 10.2. The van der Waals surface area contributed by atoms with Crippen molar-refractivity contribution in [2.45, 2.75) is 18.2 Å². The van der Waals surface area contributed by atoms with E-state index in [1.807, 2.05) is 49.4 Å². The van der Waals surface area contributed by atoms with E-state index < -0.39 is 10.0 Å². The van der Waals surface area contributed by atoms with E-state index in [0.29, 0.717) is 23.0 Å². The number of aromatic nitrogens is 2. The SMILES string of the molecule is CCc1ccc(S(=O)(=O)Nc2ccc(-c3nnc(-c4ccccc4)o3)cc2)cc1. The van der Waals surface area contributed by atoms with Gasteiger partial charge in [0.1, 0.15) is 0 Å². The van der Waals surface area contributed by atoms with Gasteiger partial charge < -0.3 is 4.42 Å². The maximum atomic E-state index is 12.6. The summed E-state index contributed by atoms with van der Waals surface area (Å²) >= 11 is 0. The Morgan fingerprint density at radius 2 is 1.38 bits per heavy atom. The second-order valence-corrected chi connectivity index (χ2v) is 8.14. The molecule has 0 aliphatic rings. The number of sulfonamides is 1. The zero-order valence-corrected chi connectivity index (χ0v) is 16.6. The molecule has 0 atom stereocenters. The molecular formula is C22H19N3O3S. The molecule has 0 saturated heterocycles. The number of hydrogen-bond donors (Lipinski definition) is 1. The molecule has 4 aromatic rings. The predicted octanol–water partition coefficient (Wildman–Crippen LogP) is 4.77. The van der Waals surface area contributed by atoms with Crippen LogP contribution in [-0.2, 0) is 16.4 Å². The van der Waals surface area contributed by atoms with Crippen LogP contribution in [0.1, 0.15) is 12.5 Å². The summed E-state index contributed by atoms with van der Waals surface area (Å²) in [4.78, 5) is 0.225. The number of hydrogen-bond acceptors (Lipinski definition) is 5. The minimum atomic E-state index is -3.65. The largest absolute Gasteiger partial charge is 0.416 e. The number of benzene rings is 3. The second kappa shape index (κ2) is 7.89. The van der Waals surface area contributed by atoms with E-state index >= 15 is 0 Å². The van der Waals surface area contributed by atoms with Crippen molar-refractivity contribution in [3.05, 3.63) is 84.4 Å². The standard InChI is InChI=1S/C22H19N3O3S/c1-2-16-8-14-20(15-9-16)29(26,27)25-19-12-10-18(11-13-19)22-24-23-21(28-22)17-6-4-3-5-7-17/h3-15,25H,2H2,1H3. The molecule has 0 aliphatic heterocycles. The molecular weight excluding hydrogens is 386 g/mol. The molecule has 0 spiro atoms. The van der Waals surface area contributed by atoms with Crippen LogP contribution in [0.15, 0.2) is 88.2 Å². The van der Waals surface area contributed by atoms with Gasteiger partial charge in [0.25, 0.3) is 10.0 Å². The van der Waals surface area contributed by atoms with Crippen LogP contribution >= 0.6 is 0 Å². The average molecular weight is 405 g/mol. The molecule has 0 saturated carbocycles. The smallest absolute Gasteiger partial charge is 0.261 e. The Balaban J connectivity index is 1.51. The van der Waals surface area contributed by atoms with Gasteiger partial charge in [0.15, 0.2) is 0 Å². The summed E-state index contributed by atoms with van der Waals surface area (Å²) in [5.41, 5.74) is 3.08. The van der Waals surface area contributed by atoms with E-state index in [-0.39, 0.29) is 4.90 Å². The van der Waals surface area contributed by atoms with Crippen LogP contribution in [0.3, 0.4) is 0 Å². The summed E-state index contributed by atoms with van der Waals surface area (Å²) in [6, 6.07) is 23.2. The fraction of sp³-hybridized carbons (Fsp3) is 0.0909. The Hall–Kier alpha value is -3.45. The normalized spacial score (nSPS) is 11.3. The van der Waals surface area contributed by atoms with Crippen molar-refractivity contribution < 1.29 is 12.8 Å². The van der Waals surface area contributed by atoms with Gasteiger partial charge in [-0.15, -0.1) is 10.2 Å². The number of anilines is 1. The van der Waals surface area contributed by atoms with Crippen molar-refractivity contribution in [3.8, 4) is 22.9 Å². The lowest BCUT2D eigenvalue weighted by Gasteiger charge is -2.09. The minimum absolute atomic E-state index is 0.225. The topological polar surface area (TPSA) is 85.1 Å². The third-order valence-corrected chi connectivity index (χ3v) is 5.87. The second-order valence-electron chi connectivity index (χ2n) is 6.46. The van der Waals surface area contributed by atoms with E-state index in [0.717, 1.165) is 17.5 Å². The van der Waals surface area contributed by atoms with E-state index in [2.05, 4.69) is 14.9 Å². The quantitative estimate of drug-likeness (QED) is 0.500. The summed E-state index contributed by atoms with van der Waals surface area (Å²) in [5, 5.41) is 8.15. The van der Waals surface area contributed by atoms with Crippen LogP contribution in [0.5, 0.6) is 0 Å². The minimum Gasteiger partial charge on any atom is -0.416 e. The van der Waals surface area contributed by atoms with E-state index in [9.17, 15) is 8.42 Å². The highest BCUT2D eigenvalue weighted by atomic mass is 32.2. The summed E-state index contributed by atoms with van der Waals surface area (Å²) < 4.78 is 33.4. The Bertz CT molecular complexity index is 1200. The highest BCUT2D eigenvalue weighted by molar-refractivity contribution is 7.92. The average Bonchev–Trinajstić information content (AvgIpc) is 3.25. The number of nitrogens with zero attached hydrogens (tertiary/aromatic N) is 2. The molecule has 0 bridgehead atoms. The van der Waals surface area contributed by atoms with Crippen LogP contribution in [-0.4, -0.2) is 18.6 Å². The van der Waals surface area contributed by atoms with Crippen molar-refractivity contribution >= 4 is 15.7 Å². The van der Waals surface area contributed by atoms with Crippen molar-refractivity contribution in [2.75, 3.05) is 4.72 Å². The van der Waals surface area contributed by atoms with Crippen LogP contribution < -0.4 is 4.72 Å². The number of rotatable bonds is 6. The Labute approximate surface area is 169 Å². The van der Waals surface area contributed by atoms with Crippen LogP contribution in [0, 0.1) is 0 Å². The molecule has 1 aromatic heterocycles. The van der Waals surface area contributed by atoms with Crippen LogP contribution in [0.4, 0.5) is 5.69 Å². The number of aryl methyl sites for hydroxylation is 1. The lowest BCUT2D eigenvalue weighted by Crippen LogP contribution is -2.12. The molecule has 1 N–H and O–H groups in total. The van der Waals surface area contributed by atoms with Gasteiger partial charge in [-0.05, 0) is 60.5 Å².